The Labute approximate surface area is 195 Å². The summed E-state index contributed by atoms with van der Waals surface area (Å²) >= 11 is 0. The highest BCUT2D eigenvalue weighted by molar-refractivity contribution is 6.05. The average Bonchev–Trinajstić information content (AvgIpc) is 2.87. The quantitative estimate of drug-likeness (QED) is 0.666. The topological polar surface area (TPSA) is 79.9 Å². The lowest BCUT2D eigenvalue weighted by molar-refractivity contribution is 0.0575. The molecule has 2 amide bonds. The average molecular weight is 452 g/mol. The number of ether oxygens (including phenoxy) is 2. The van der Waals surface area contributed by atoms with E-state index >= 15 is 0 Å². The SMILES string of the molecule is COc1ccc(C(=O)Nc2ccc(C(=O)NCC3CCCN4CCCCC34)cc2)cc1OC. The molecule has 2 aliphatic heterocycles. The molecule has 0 saturated carbocycles. The van der Waals surface area contributed by atoms with Gasteiger partial charge in [0.15, 0.2) is 11.5 Å². The van der Waals surface area contributed by atoms with Crippen LogP contribution in [0.3, 0.4) is 0 Å². The van der Waals surface area contributed by atoms with Crippen LogP contribution in [0.25, 0.3) is 0 Å². The van der Waals surface area contributed by atoms with E-state index in [1.54, 1.807) is 49.6 Å². The zero-order valence-corrected chi connectivity index (χ0v) is 19.4. The Balaban J connectivity index is 1.32. The summed E-state index contributed by atoms with van der Waals surface area (Å²) in [6.45, 7) is 3.12. The Morgan fingerprint density at radius 2 is 1.61 bits per heavy atom. The number of rotatable bonds is 7. The van der Waals surface area contributed by atoms with Crippen molar-refractivity contribution in [2.75, 3.05) is 39.2 Å². The number of hydrogen-bond acceptors (Lipinski definition) is 5. The number of carbonyl (C=O) groups is 2. The predicted molar refractivity (Wildman–Crippen MR) is 128 cm³/mol. The first-order valence-corrected chi connectivity index (χ1v) is 11.7. The largest absolute Gasteiger partial charge is 0.493 e. The number of hydrogen-bond donors (Lipinski definition) is 2. The molecule has 0 aliphatic carbocycles. The van der Waals surface area contributed by atoms with Gasteiger partial charge in [0.05, 0.1) is 14.2 Å². The van der Waals surface area contributed by atoms with E-state index in [0.717, 1.165) is 6.54 Å². The normalized spacial score (nSPS) is 20.4. The summed E-state index contributed by atoms with van der Waals surface area (Å²) in [5, 5.41) is 5.99. The summed E-state index contributed by atoms with van der Waals surface area (Å²) in [7, 11) is 3.08. The maximum atomic E-state index is 12.7. The van der Waals surface area contributed by atoms with Crippen molar-refractivity contribution in [3.8, 4) is 11.5 Å². The van der Waals surface area contributed by atoms with E-state index in [4.69, 9.17) is 9.47 Å². The van der Waals surface area contributed by atoms with Crippen LogP contribution in [0.4, 0.5) is 5.69 Å². The van der Waals surface area contributed by atoms with Crippen molar-refractivity contribution in [1.82, 2.24) is 10.2 Å². The van der Waals surface area contributed by atoms with Crippen LogP contribution >= 0.6 is 0 Å². The Kier molecular flexibility index (Phi) is 7.50. The Morgan fingerprint density at radius 3 is 2.36 bits per heavy atom. The molecule has 7 heteroatoms. The van der Waals surface area contributed by atoms with Crippen LogP contribution in [0, 0.1) is 5.92 Å². The van der Waals surface area contributed by atoms with E-state index < -0.39 is 0 Å². The van der Waals surface area contributed by atoms with Gasteiger partial charge in [-0.25, -0.2) is 0 Å². The van der Waals surface area contributed by atoms with E-state index in [0.29, 0.717) is 40.3 Å². The van der Waals surface area contributed by atoms with Gasteiger partial charge in [0.1, 0.15) is 0 Å². The lowest BCUT2D eigenvalue weighted by atomic mass is 9.83. The van der Waals surface area contributed by atoms with E-state index in [1.807, 2.05) is 0 Å². The van der Waals surface area contributed by atoms with E-state index in [2.05, 4.69) is 15.5 Å². The fraction of sp³-hybridized carbons (Fsp3) is 0.462. The van der Waals surface area contributed by atoms with Crippen LogP contribution in [-0.4, -0.2) is 56.6 Å². The van der Waals surface area contributed by atoms with Crippen LogP contribution in [0.1, 0.15) is 52.8 Å². The van der Waals surface area contributed by atoms with Crippen LogP contribution in [0.15, 0.2) is 42.5 Å². The first-order valence-electron chi connectivity index (χ1n) is 11.7. The Morgan fingerprint density at radius 1 is 0.879 bits per heavy atom. The minimum Gasteiger partial charge on any atom is -0.493 e. The molecule has 2 atom stereocenters. The number of methoxy groups -OCH3 is 2. The van der Waals surface area contributed by atoms with E-state index in [9.17, 15) is 9.59 Å². The minimum atomic E-state index is -0.262. The van der Waals surface area contributed by atoms with Gasteiger partial charge >= 0.3 is 0 Å². The van der Waals surface area contributed by atoms with Gasteiger partial charge in [-0.3, -0.25) is 9.59 Å². The van der Waals surface area contributed by atoms with E-state index in [-0.39, 0.29) is 11.8 Å². The third-order valence-corrected chi connectivity index (χ3v) is 6.80. The van der Waals surface area contributed by atoms with Gasteiger partial charge in [0.25, 0.3) is 11.8 Å². The molecule has 2 aliphatic rings. The number of anilines is 1. The first kappa shape index (κ1) is 23.1. The number of piperidine rings is 2. The van der Waals surface area contributed by atoms with E-state index in [1.165, 1.54) is 52.3 Å². The molecular formula is C26H33N3O4. The van der Waals surface area contributed by atoms with Gasteiger partial charge in [-0.15, -0.1) is 0 Å². The lowest BCUT2D eigenvalue weighted by Gasteiger charge is -2.44. The maximum Gasteiger partial charge on any atom is 0.255 e. The smallest absolute Gasteiger partial charge is 0.255 e. The molecule has 2 N–H and O–H groups in total. The molecule has 4 rings (SSSR count). The summed E-state index contributed by atoms with van der Waals surface area (Å²) in [5.41, 5.74) is 1.67. The van der Waals surface area contributed by atoms with Crippen molar-refractivity contribution < 1.29 is 19.1 Å². The van der Waals surface area contributed by atoms with Crippen molar-refractivity contribution in [1.29, 1.82) is 0 Å². The lowest BCUT2D eigenvalue weighted by Crippen LogP contribution is -2.51. The molecule has 0 radical (unpaired) electrons. The molecule has 2 saturated heterocycles. The van der Waals surface area contributed by atoms with Crippen molar-refractivity contribution in [2.45, 2.75) is 38.1 Å². The summed E-state index contributed by atoms with van der Waals surface area (Å²) in [6.07, 6.45) is 6.23. The molecule has 7 nitrogen and oxygen atoms in total. The highest BCUT2D eigenvalue weighted by Gasteiger charge is 2.32. The highest BCUT2D eigenvalue weighted by atomic mass is 16.5. The predicted octanol–water partition coefficient (Wildman–Crippen LogP) is 3.95. The Hall–Kier alpha value is -3.06. The number of benzene rings is 2. The molecule has 2 heterocycles. The second-order valence-electron chi connectivity index (χ2n) is 8.81. The molecule has 33 heavy (non-hydrogen) atoms. The third-order valence-electron chi connectivity index (χ3n) is 6.80. The van der Waals surface area contributed by atoms with Gasteiger partial charge in [0, 0.05) is 29.4 Å². The zero-order valence-electron chi connectivity index (χ0n) is 19.4. The van der Waals surface area contributed by atoms with Crippen molar-refractivity contribution in [3.05, 3.63) is 53.6 Å². The van der Waals surface area contributed by atoms with Gasteiger partial charge < -0.3 is 25.0 Å². The van der Waals surface area contributed by atoms with Crippen LogP contribution in [0.5, 0.6) is 11.5 Å². The summed E-state index contributed by atoms with van der Waals surface area (Å²) in [6, 6.07) is 12.6. The van der Waals surface area contributed by atoms with Crippen LogP contribution in [-0.2, 0) is 0 Å². The number of nitrogens with zero attached hydrogens (tertiary/aromatic N) is 1. The number of amides is 2. The van der Waals surface area contributed by atoms with Crippen molar-refractivity contribution in [2.24, 2.45) is 5.92 Å². The van der Waals surface area contributed by atoms with Crippen molar-refractivity contribution in [3.63, 3.8) is 0 Å². The van der Waals surface area contributed by atoms with Crippen molar-refractivity contribution >= 4 is 17.5 Å². The van der Waals surface area contributed by atoms with Crippen LogP contribution < -0.4 is 20.1 Å². The molecule has 176 valence electrons. The fourth-order valence-corrected chi connectivity index (χ4v) is 5.03. The molecule has 2 aromatic carbocycles. The van der Waals surface area contributed by atoms with Gasteiger partial charge in [-0.05, 0) is 87.2 Å². The second kappa shape index (κ2) is 10.7. The van der Waals surface area contributed by atoms with Gasteiger partial charge in [0.2, 0.25) is 0 Å². The molecule has 0 aromatic heterocycles. The zero-order chi connectivity index (χ0) is 23.2. The van der Waals surface area contributed by atoms with Gasteiger partial charge in [-0.2, -0.15) is 0 Å². The molecule has 2 unspecified atom stereocenters. The number of carbonyl (C=O) groups excluding carboxylic acids is 2. The maximum absolute atomic E-state index is 12.7. The van der Waals surface area contributed by atoms with Crippen LogP contribution in [0.2, 0.25) is 0 Å². The fourth-order valence-electron chi connectivity index (χ4n) is 5.03. The van der Waals surface area contributed by atoms with Gasteiger partial charge in [-0.1, -0.05) is 6.42 Å². The standard InChI is InChI=1S/C26H33N3O4/c1-32-23-13-10-19(16-24(23)33-2)26(31)28-21-11-8-18(9-12-21)25(30)27-17-20-6-5-15-29-14-4-3-7-22(20)29/h8-13,16,20,22H,3-7,14-15,17H2,1-2H3,(H,27,30)(H,28,31). The summed E-state index contributed by atoms with van der Waals surface area (Å²) in [5.74, 6) is 1.26. The minimum absolute atomic E-state index is 0.0688. The first-order chi connectivity index (χ1) is 16.1. The second-order valence-corrected chi connectivity index (χ2v) is 8.81. The number of nitrogens with one attached hydrogen (secondary N) is 2. The summed E-state index contributed by atoms with van der Waals surface area (Å²) in [4.78, 5) is 27.9. The molecular weight excluding hydrogens is 418 g/mol. The monoisotopic (exact) mass is 451 g/mol. The molecule has 0 bridgehead atoms. The highest BCUT2D eigenvalue weighted by Crippen LogP contribution is 2.30. The third kappa shape index (κ3) is 5.47. The molecule has 0 spiro atoms. The molecule has 2 aromatic rings. The molecule has 2 fully saturated rings. The Bertz CT molecular complexity index is 974. The summed E-state index contributed by atoms with van der Waals surface area (Å²) < 4.78 is 10.5. The number of fused-ring (bicyclic) bond motifs is 1.